The monoisotopic (exact) mass is 434 g/mol. The number of rotatable bonds is 8. The van der Waals surface area contributed by atoms with Crippen LogP contribution < -0.4 is 15.6 Å². The number of ether oxygens (including phenoxy) is 1. The minimum absolute atomic E-state index is 0.248. The molecule has 0 spiro atoms. The van der Waals surface area contributed by atoms with E-state index >= 15 is 0 Å². The number of aliphatic hydroxyl groups is 1. The number of aromatic amines is 1. The molecule has 168 valence electrons. The number of fused-ring (bicyclic) bond motifs is 2. The average molecular weight is 435 g/mol. The SMILES string of the molecule is CCc1cc2c(cc1CC)CC(NCCc1ccc(OC(=O)CO)c3[nH]c(=O)ccc13)C2. The fraction of sp³-hybridized carbons (Fsp3) is 0.385. The van der Waals surface area contributed by atoms with Gasteiger partial charge in [-0.25, -0.2) is 4.79 Å². The second-order valence-electron chi connectivity index (χ2n) is 8.37. The lowest BCUT2D eigenvalue weighted by atomic mass is 9.97. The lowest BCUT2D eigenvalue weighted by Crippen LogP contribution is -2.31. The maximum absolute atomic E-state index is 11.8. The van der Waals surface area contributed by atoms with Crippen LogP contribution in [0.3, 0.4) is 0 Å². The number of aromatic nitrogens is 1. The molecule has 0 fully saturated rings. The highest BCUT2D eigenvalue weighted by Crippen LogP contribution is 2.28. The van der Waals surface area contributed by atoms with Gasteiger partial charge in [0.1, 0.15) is 6.61 Å². The molecule has 0 unspecified atom stereocenters. The average Bonchev–Trinajstić information content (AvgIpc) is 3.20. The summed E-state index contributed by atoms with van der Waals surface area (Å²) in [7, 11) is 0. The Morgan fingerprint density at radius 2 is 1.75 bits per heavy atom. The molecule has 1 aliphatic carbocycles. The topological polar surface area (TPSA) is 91.4 Å². The number of hydrogen-bond donors (Lipinski definition) is 3. The van der Waals surface area contributed by atoms with Gasteiger partial charge in [-0.1, -0.05) is 32.0 Å². The molecule has 1 heterocycles. The van der Waals surface area contributed by atoms with E-state index in [-0.39, 0.29) is 11.3 Å². The van der Waals surface area contributed by atoms with E-state index in [1.807, 2.05) is 6.07 Å². The van der Waals surface area contributed by atoms with Gasteiger partial charge in [0.05, 0.1) is 5.52 Å². The number of carbonyl (C=O) groups is 1. The van der Waals surface area contributed by atoms with E-state index in [1.54, 1.807) is 12.1 Å². The Kier molecular flexibility index (Phi) is 6.72. The number of aliphatic hydroxyl groups excluding tert-OH is 1. The van der Waals surface area contributed by atoms with Crippen LogP contribution in [0.2, 0.25) is 0 Å². The Hall–Kier alpha value is -2.96. The number of benzene rings is 2. The smallest absolute Gasteiger partial charge is 0.337 e. The van der Waals surface area contributed by atoms with Gasteiger partial charge >= 0.3 is 5.97 Å². The Bertz CT molecular complexity index is 1170. The highest BCUT2D eigenvalue weighted by molar-refractivity contribution is 5.89. The molecule has 0 saturated carbocycles. The van der Waals surface area contributed by atoms with Gasteiger partial charge in [-0.2, -0.15) is 0 Å². The number of aryl methyl sites for hydroxylation is 2. The van der Waals surface area contributed by atoms with E-state index in [0.717, 1.165) is 49.6 Å². The second kappa shape index (κ2) is 9.67. The van der Waals surface area contributed by atoms with Crippen LogP contribution in [-0.2, 0) is 36.9 Å². The van der Waals surface area contributed by atoms with Crippen molar-refractivity contribution >= 4 is 16.9 Å². The third kappa shape index (κ3) is 4.61. The van der Waals surface area contributed by atoms with Crippen LogP contribution in [0.15, 0.2) is 41.2 Å². The molecule has 0 bridgehead atoms. The van der Waals surface area contributed by atoms with Gasteiger partial charge < -0.3 is 20.1 Å². The molecule has 3 aromatic rings. The summed E-state index contributed by atoms with van der Waals surface area (Å²) in [5.74, 6) is -0.512. The molecule has 0 saturated heterocycles. The Labute approximate surface area is 187 Å². The van der Waals surface area contributed by atoms with E-state index in [9.17, 15) is 9.59 Å². The molecular formula is C26H30N2O4. The van der Waals surface area contributed by atoms with Gasteiger partial charge in [0.25, 0.3) is 0 Å². The van der Waals surface area contributed by atoms with Crippen LogP contribution in [0.1, 0.15) is 41.7 Å². The largest absolute Gasteiger partial charge is 0.423 e. The summed E-state index contributed by atoms with van der Waals surface area (Å²) in [6.45, 7) is 4.54. The van der Waals surface area contributed by atoms with E-state index in [0.29, 0.717) is 11.6 Å². The summed E-state index contributed by atoms with van der Waals surface area (Å²) in [5.41, 5.74) is 7.14. The molecule has 6 heteroatoms. The molecule has 0 atom stereocenters. The molecule has 6 nitrogen and oxygen atoms in total. The molecule has 1 aliphatic rings. The highest BCUT2D eigenvalue weighted by Gasteiger charge is 2.22. The zero-order chi connectivity index (χ0) is 22.7. The molecule has 2 aromatic carbocycles. The third-order valence-corrected chi connectivity index (χ3v) is 6.34. The van der Waals surface area contributed by atoms with Crippen molar-refractivity contribution in [2.75, 3.05) is 13.2 Å². The van der Waals surface area contributed by atoms with E-state index < -0.39 is 12.6 Å². The molecule has 3 N–H and O–H groups in total. The first-order chi connectivity index (χ1) is 15.5. The van der Waals surface area contributed by atoms with Gasteiger partial charge in [-0.3, -0.25) is 4.79 Å². The summed E-state index contributed by atoms with van der Waals surface area (Å²) >= 11 is 0. The van der Waals surface area contributed by atoms with Crippen molar-refractivity contribution in [2.45, 2.75) is 52.0 Å². The third-order valence-electron chi connectivity index (χ3n) is 6.34. The lowest BCUT2D eigenvalue weighted by Gasteiger charge is -2.14. The number of pyridine rings is 1. The van der Waals surface area contributed by atoms with Crippen molar-refractivity contribution in [3.8, 4) is 5.75 Å². The number of hydrogen-bond acceptors (Lipinski definition) is 5. The lowest BCUT2D eigenvalue weighted by molar-refractivity contribution is -0.137. The predicted molar refractivity (Wildman–Crippen MR) is 125 cm³/mol. The van der Waals surface area contributed by atoms with Gasteiger partial charge in [0.15, 0.2) is 5.75 Å². The van der Waals surface area contributed by atoms with Crippen molar-refractivity contribution < 1.29 is 14.6 Å². The molecule has 0 radical (unpaired) electrons. The van der Waals surface area contributed by atoms with Crippen molar-refractivity contribution in [2.24, 2.45) is 0 Å². The minimum atomic E-state index is -0.760. The summed E-state index contributed by atoms with van der Waals surface area (Å²) in [4.78, 5) is 26.1. The van der Waals surface area contributed by atoms with Crippen LogP contribution >= 0.6 is 0 Å². The van der Waals surface area contributed by atoms with Gasteiger partial charge in [-0.05, 0) is 78.6 Å². The van der Waals surface area contributed by atoms with Crippen LogP contribution in [0, 0.1) is 0 Å². The Morgan fingerprint density at radius 3 is 2.38 bits per heavy atom. The molecule has 32 heavy (non-hydrogen) atoms. The summed E-state index contributed by atoms with van der Waals surface area (Å²) in [6, 6.07) is 12.0. The fourth-order valence-electron chi connectivity index (χ4n) is 4.73. The standard InChI is InChI=1S/C26H30N2O4/c1-3-16-11-19-13-21(14-20(19)12-17(16)4-2)27-10-9-18-5-7-23(32-25(31)15-29)26-22(18)6-8-24(30)28-26/h5-8,11-12,21,27,29H,3-4,9-10,13-15H2,1-2H3,(H,28,30). The second-order valence-corrected chi connectivity index (χ2v) is 8.37. The summed E-state index contributed by atoms with van der Waals surface area (Å²) in [6.07, 6.45) is 5.04. The maximum atomic E-state index is 11.8. The molecule has 0 aliphatic heterocycles. The number of carbonyl (C=O) groups excluding carboxylic acids is 1. The van der Waals surface area contributed by atoms with Gasteiger partial charge in [0.2, 0.25) is 5.56 Å². The molecule has 4 rings (SSSR count). The maximum Gasteiger partial charge on any atom is 0.337 e. The van der Waals surface area contributed by atoms with Crippen molar-refractivity contribution in [3.63, 3.8) is 0 Å². The van der Waals surface area contributed by atoms with Crippen molar-refractivity contribution in [1.82, 2.24) is 10.3 Å². The molecular weight excluding hydrogens is 404 g/mol. The normalized spacial score (nSPS) is 13.5. The van der Waals surface area contributed by atoms with Gasteiger partial charge in [0, 0.05) is 17.5 Å². The first kappa shape index (κ1) is 22.2. The molecule has 0 amide bonds. The van der Waals surface area contributed by atoms with E-state index in [2.05, 4.69) is 36.3 Å². The summed E-state index contributed by atoms with van der Waals surface area (Å²) < 4.78 is 5.17. The first-order valence-corrected chi connectivity index (χ1v) is 11.4. The first-order valence-electron chi connectivity index (χ1n) is 11.4. The van der Waals surface area contributed by atoms with Crippen LogP contribution in [-0.4, -0.2) is 35.3 Å². The number of H-pyrrole nitrogens is 1. The predicted octanol–water partition coefficient (Wildman–Crippen LogP) is 2.85. The van der Waals surface area contributed by atoms with Gasteiger partial charge in [-0.15, -0.1) is 0 Å². The van der Waals surface area contributed by atoms with Crippen LogP contribution in [0.4, 0.5) is 0 Å². The fourth-order valence-corrected chi connectivity index (χ4v) is 4.73. The molecule has 1 aromatic heterocycles. The van der Waals surface area contributed by atoms with Crippen molar-refractivity contribution in [1.29, 1.82) is 0 Å². The van der Waals surface area contributed by atoms with Crippen LogP contribution in [0.5, 0.6) is 5.75 Å². The number of nitrogens with one attached hydrogen (secondary N) is 2. The zero-order valence-corrected chi connectivity index (χ0v) is 18.7. The Balaban J connectivity index is 1.45. The van der Waals surface area contributed by atoms with E-state index in [1.165, 1.54) is 28.3 Å². The van der Waals surface area contributed by atoms with E-state index in [4.69, 9.17) is 9.84 Å². The number of esters is 1. The quantitative estimate of drug-likeness (QED) is 0.375. The Morgan fingerprint density at radius 1 is 1.06 bits per heavy atom. The zero-order valence-electron chi connectivity index (χ0n) is 18.7. The highest BCUT2D eigenvalue weighted by atomic mass is 16.5. The van der Waals surface area contributed by atoms with Crippen LogP contribution in [0.25, 0.3) is 10.9 Å². The minimum Gasteiger partial charge on any atom is -0.423 e. The van der Waals surface area contributed by atoms with Crippen molar-refractivity contribution in [3.05, 3.63) is 74.6 Å². The summed E-state index contributed by atoms with van der Waals surface area (Å²) in [5, 5.41) is 13.5.